The molecular formula is C12H18N4O2. The quantitative estimate of drug-likeness (QED) is 0.807. The second-order valence-electron chi connectivity index (χ2n) is 5.54. The summed E-state index contributed by atoms with van der Waals surface area (Å²) >= 11 is 0. The number of hydrogen-bond donors (Lipinski definition) is 1. The van der Waals surface area contributed by atoms with Crippen LogP contribution in [0.2, 0.25) is 0 Å². The van der Waals surface area contributed by atoms with Crippen LogP contribution in [0.3, 0.4) is 0 Å². The third kappa shape index (κ3) is 1.67. The van der Waals surface area contributed by atoms with Crippen molar-refractivity contribution >= 4 is 5.82 Å². The van der Waals surface area contributed by atoms with Gasteiger partial charge in [-0.15, -0.1) is 5.10 Å². The summed E-state index contributed by atoms with van der Waals surface area (Å²) < 4.78 is 2.31. The predicted molar refractivity (Wildman–Crippen MR) is 67.6 cm³/mol. The maximum atomic E-state index is 12.0. The Morgan fingerprint density at radius 3 is 2.61 bits per heavy atom. The van der Waals surface area contributed by atoms with Crippen LogP contribution in [0.5, 0.6) is 0 Å². The van der Waals surface area contributed by atoms with E-state index in [0.717, 1.165) is 16.9 Å². The molecule has 0 saturated heterocycles. The van der Waals surface area contributed by atoms with Crippen LogP contribution in [0, 0.1) is 11.8 Å². The molecule has 6 heteroatoms. The fourth-order valence-electron chi connectivity index (χ4n) is 3.39. The van der Waals surface area contributed by atoms with E-state index in [2.05, 4.69) is 10.4 Å². The van der Waals surface area contributed by atoms with Gasteiger partial charge in [0, 0.05) is 20.1 Å². The highest BCUT2D eigenvalue weighted by molar-refractivity contribution is 5.32. The van der Waals surface area contributed by atoms with E-state index in [4.69, 9.17) is 0 Å². The highest BCUT2D eigenvalue weighted by Gasteiger charge is 2.39. The van der Waals surface area contributed by atoms with E-state index in [1.54, 1.807) is 7.05 Å². The van der Waals surface area contributed by atoms with Gasteiger partial charge in [0.15, 0.2) is 0 Å². The molecule has 6 nitrogen and oxygen atoms in total. The zero-order chi connectivity index (χ0) is 12.9. The first-order chi connectivity index (χ1) is 8.56. The molecule has 0 aliphatic heterocycles. The molecule has 1 aromatic rings. The van der Waals surface area contributed by atoms with Crippen molar-refractivity contribution in [1.29, 1.82) is 0 Å². The number of nitrogens with zero attached hydrogens (tertiary/aromatic N) is 3. The lowest BCUT2D eigenvalue weighted by Gasteiger charge is -2.23. The minimum Gasteiger partial charge on any atom is -0.361 e. The first kappa shape index (κ1) is 11.5. The molecule has 3 rings (SSSR count). The lowest BCUT2D eigenvalue weighted by atomic mass is 9.95. The van der Waals surface area contributed by atoms with Crippen LogP contribution >= 0.6 is 0 Å². The van der Waals surface area contributed by atoms with Crippen molar-refractivity contribution in [3.05, 3.63) is 20.8 Å². The van der Waals surface area contributed by atoms with Gasteiger partial charge in [-0.3, -0.25) is 9.36 Å². The van der Waals surface area contributed by atoms with Crippen molar-refractivity contribution in [3.63, 3.8) is 0 Å². The Morgan fingerprint density at radius 2 is 2.00 bits per heavy atom. The van der Waals surface area contributed by atoms with Gasteiger partial charge in [-0.2, -0.15) is 0 Å². The molecule has 98 valence electrons. The van der Waals surface area contributed by atoms with Crippen molar-refractivity contribution < 1.29 is 0 Å². The summed E-state index contributed by atoms with van der Waals surface area (Å²) in [5, 5.41) is 7.29. The van der Waals surface area contributed by atoms with E-state index in [9.17, 15) is 9.59 Å². The number of aromatic nitrogens is 3. The topological polar surface area (TPSA) is 68.9 Å². The van der Waals surface area contributed by atoms with Crippen molar-refractivity contribution in [2.24, 2.45) is 25.9 Å². The number of hydrogen-bond acceptors (Lipinski definition) is 4. The third-order valence-corrected chi connectivity index (χ3v) is 4.38. The van der Waals surface area contributed by atoms with Crippen LogP contribution in [0.15, 0.2) is 9.59 Å². The largest absolute Gasteiger partial charge is 0.361 e. The Balaban J connectivity index is 1.90. The highest BCUT2D eigenvalue weighted by atomic mass is 16.2. The van der Waals surface area contributed by atoms with Gasteiger partial charge in [-0.25, -0.2) is 9.48 Å². The molecule has 0 amide bonds. The molecule has 1 aromatic heterocycles. The molecule has 2 aliphatic carbocycles. The van der Waals surface area contributed by atoms with Gasteiger partial charge < -0.3 is 5.32 Å². The van der Waals surface area contributed by atoms with Gasteiger partial charge in [0.25, 0.3) is 5.56 Å². The normalized spacial score (nSPS) is 29.8. The maximum absolute atomic E-state index is 12.0. The monoisotopic (exact) mass is 250 g/mol. The average Bonchev–Trinajstić information content (AvgIpc) is 2.95. The van der Waals surface area contributed by atoms with Crippen LogP contribution in [-0.2, 0) is 14.1 Å². The zero-order valence-electron chi connectivity index (χ0n) is 10.7. The third-order valence-electron chi connectivity index (χ3n) is 4.38. The van der Waals surface area contributed by atoms with E-state index in [1.165, 1.54) is 31.0 Å². The first-order valence-corrected chi connectivity index (χ1v) is 6.47. The summed E-state index contributed by atoms with van der Waals surface area (Å²) in [6.45, 7) is 0. The summed E-state index contributed by atoms with van der Waals surface area (Å²) in [5.74, 6) is 1.78. The minimum atomic E-state index is -0.390. The lowest BCUT2D eigenvalue weighted by molar-refractivity contribution is 0.436. The van der Waals surface area contributed by atoms with Gasteiger partial charge in [0.2, 0.25) is 5.82 Å². The Labute approximate surface area is 105 Å². The van der Waals surface area contributed by atoms with Gasteiger partial charge in [0.05, 0.1) is 0 Å². The second kappa shape index (κ2) is 3.96. The molecule has 3 atom stereocenters. The van der Waals surface area contributed by atoms with E-state index in [-0.39, 0.29) is 5.56 Å². The average molecular weight is 250 g/mol. The molecular weight excluding hydrogens is 232 g/mol. The molecule has 1 heterocycles. The molecule has 2 saturated carbocycles. The molecule has 0 spiro atoms. The van der Waals surface area contributed by atoms with E-state index in [0.29, 0.717) is 17.8 Å². The van der Waals surface area contributed by atoms with Crippen LogP contribution in [0.1, 0.15) is 25.7 Å². The van der Waals surface area contributed by atoms with Crippen molar-refractivity contribution in [1.82, 2.24) is 14.3 Å². The summed E-state index contributed by atoms with van der Waals surface area (Å²) in [6, 6.07) is 0.349. The molecule has 1 N–H and O–H groups in total. The number of anilines is 1. The minimum absolute atomic E-state index is 0.303. The van der Waals surface area contributed by atoms with Crippen LogP contribution in [-0.4, -0.2) is 20.4 Å². The number of nitrogens with one attached hydrogen (secondary N) is 1. The van der Waals surface area contributed by atoms with Crippen molar-refractivity contribution in [2.45, 2.75) is 31.7 Å². The fourth-order valence-corrected chi connectivity index (χ4v) is 3.39. The molecule has 2 bridgehead atoms. The Hall–Kier alpha value is -1.59. The maximum Gasteiger partial charge on any atom is 0.346 e. The fraction of sp³-hybridized carbons (Fsp3) is 0.750. The van der Waals surface area contributed by atoms with E-state index < -0.39 is 5.69 Å². The Morgan fingerprint density at radius 1 is 1.22 bits per heavy atom. The molecule has 2 fully saturated rings. The molecule has 3 unspecified atom stereocenters. The van der Waals surface area contributed by atoms with Gasteiger partial charge in [-0.05, 0) is 31.1 Å². The van der Waals surface area contributed by atoms with E-state index in [1.807, 2.05) is 0 Å². The first-order valence-electron chi connectivity index (χ1n) is 6.47. The SMILES string of the molecule is Cn1nc(NC2CC3CCC2C3)c(=O)n(C)c1=O. The summed E-state index contributed by atoms with van der Waals surface area (Å²) in [7, 11) is 3.05. The standard InChI is InChI=1S/C12H18N4O2/c1-15-11(17)10(14-16(2)12(15)18)13-9-6-7-3-4-8(9)5-7/h7-9H,3-6H2,1-2H3,(H,13,14). The molecule has 0 aromatic carbocycles. The summed E-state index contributed by atoms with van der Waals surface area (Å²) in [6.07, 6.45) is 4.96. The predicted octanol–water partition coefficient (Wildman–Crippen LogP) is 0.0795. The van der Waals surface area contributed by atoms with Crippen molar-refractivity contribution in [2.75, 3.05) is 5.32 Å². The van der Waals surface area contributed by atoms with Gasteiger partial charge in [-0.1, -0.05) is 6.42 Å². The smallest absolute Gasteiger partial charge is 0.346 e. The Kier molecular flexibility index (Phi) is 2.53. The van der Waals surface area contributed by atoms with Crippen LogP contribution in [0.25, 0.3) is 0 Å². The number of fused-ring (bicyclic) bond motifs is 2. The second-order valence-corrected chi connectivity index (χ2v) is 5.54. The summed E-state index contributed by atoms with van der Waals surface area (Å²) in [4.78, 5) is 23.5. The Bertz CT molecular complexity index is 589. The highest BCUT2D eigenvalue weighted by Crippen LogP contribution is 2.45. The zero-order valence-corrected chi connectivity index (χ0v) is 10.7. The number of rotatable bonds is 2. The lowest BCUT2D eigenvalue weighted by Crippen LogP contribution is -2.41. The van der Waals surface area contributed by atoms with Gasteiger partial charge in [0.1, 0.15) is 0 Å². The van der Waals surface area contributed by atoms with Gasteiger partial charge >= 0.3 is 5.69 Å². The van der Waals surface area contributed by atoms with Crippen LogP contribution < -0.4 is 16.6 Å². The van der Waals surface area contributed by atoms with Crippen LogP contribution in [0.4, 0.5) is 5.82 Å². The molecule has 18 heavy (non-hydrogen) atoms. The van der Waals surface area contributed by atoms with E-state index >= 15 is 0 Å². The van der Waals surface area contributed by atoms with Crippen molar-refractivity contribution in [3.8, 4) is 0 Å². The number of aryl methyl sites for hydroxylation is 1. The molecule has 0 radical (unpaired) electrons. The summed E-state index contributed by atoms with van der Waals surface area (Å²) in [5.41, 5.74) is -0.723. The molecule has 2 aliphatic rings.